The Hall–Kier alpha value is -4.62. The summed E-state index contributed by atoms with van der Waals surface area (Å²) in [6, 6.07) is 22.5. The van der Waals surface area contributed by atoms with Crippen LogP contribution in [0.5, 0.6) is 0 Å². The van der Waals surface area contributed by atoms with Crippen LogP contribution in [0.15, 0.2) is 98.9 Å². The van der Waals surface area contributed by atoms with Crippen LogP contribution >= 0.6 is 0 Å². The minimum absolute atomic E-state index is 0.230. The molecule has 3 aromatic carbocycles. The summed E-state index contributed by atoms with van der Waals surface area (Å²) < 4.78 is 47.1. The van der Waals surface area contributed by atoms with E-state index in [2.05, 4.69) is 43.3 Å². The Bertz CT molecular complexity index is 1760. The fourth-order valence-corrected chi connectivity index (χ4v) is 5.13. The highest BCUT2D eigenvalue weighted by atomic mass is 32.2. The number of aryl methyl sites for hydroxylation is 1. The number of hydrogen-bond acceptors (Lipinski definition) is 11. The van der Waals surface area contributed by atoms with Crippen molar-refractivity contribution in [1.82, 2.24) is 9.97 Å². The van der Waals surface area contributed by atoms with E-state index in [1.54, 1.807) is 44.2 Å². The van der Waals surface area contributed by atoms with Gasteiger partial charge in [0.15, 0.2) is 31.3 Å². The van der Waals surface area contributed by atoms with Crippen LogP contribution in [0.25, 0.3) is 0 Å². The standard InChI is InChI=1S/C30H33N7O4S2/c1-6-22-7-13-25(14-8-22)31-30-32-28(36-34-20(2)23-9-15-26(16-10-23)42(4,38)39)19-29(33-30)37-35-21(3)24-11-17-27(18-12-24)43(5,40)41/h7-19H,6H2,1-5H3,(H3,31,32,33,36,37). The summed E-state index contributed by atoms with van der Waals surface area (Å²) >= 11 is 0. The van der Waals surface area contributed by atoms with Crippen molar-refractivity contribution in [3.05, 3.63) is 95.6 Å². The number of nitrogens with one attached hydrogen (secondary N) is 3. The first kappa shape index (κ1) is 31.3. The first-order valence-electron chi connectivity index (χ1n) is 13.3. The molecule has 0 unspecified atom stereocenters. The molecule has 0 spiro atoms. The number of hydrogen-bond donors (Lipinski definition) is 3. The molecule has 1 aromatic heterocycles. The molecule has 13 heteroatoms. The fraction of sp³-hybridized carbons (Fsp3) is 0.200. The molecule has 0 bridgehead atoms. The molecule has 1 heterocycles. The molecule has 0 saturated carbocycles. The van der Waals surface area contributed by atoms with Gasteiger partial charge in [-0.05, 0) is 73.4 Å². The van der Waals surface area contributed by atoms with Crippen LogP contribution in [0.1, 0.15) is 37.5 Å². The molecule has 0 aliphatic rings. The molecular formula is C30H33N7O4S2. The normalized spacial score (nSPS) is 12.6. The van der Waals surface area contributed by atoms with Crippen LogP contribution in [0.3, 0.4) is 0 Å². The summed E-state index contributed by atoms with van der Waals surface area (Å²) in [5.41, 5.74) is 10.6. The molecule has 0 aliphatic carbocycles. The van der Waals surface area contributed by atoms with Gasteiger partial charge in [0, 0.05) is 24.3 Å². The second-order valence-electron chi connectivity index (χ2n) is 9.85. The third kappa shape index (κ3) is 8.69. The summed E-state index contributed by atoms with van der Waals surface area (Å²) in [5.74, 6) is 1.05. The highest BCUT2D eigenvalue weighted by Crippen LogP contribution is 2.20. The van der Waals surface area contributed by atoms with E-state index in [4.69, 9.17) is 0 Å². The number of aromatic nitrogens is 2. The van der Waals surface area contributed by atoms with Crippen molar-refractivity contribution in [1.29, 1.82) is 0 Å². The minimum Gasteiger partial charge on any atom is -0.324 e. The molecule has 224 valence electrons. The van der Waals surface area contributed by atoms with E-state index in [9.17, 15) is 16.8 Å². The van der Waals surface area contributed by atoms with E-state index in [1.807, 2.05) is 24.3 Å². The zero-order chi connectivity index (χ0) is 31.2. The zero-order valence-corrected chi connectivity index (χ0v) is 26.1. The van der Waals surface area contributed by atoms with E-state index in [-0.39, 0.29) is 9.79 Å². The summed E-state index contributed by atoms with van der Waals surface area (Å²) in [7, 11) is -6.60. The van der Waals surface area contributed by atoms with Crippen LogP contribution in [0.2, 0.25) is 0 Å². The van der Waals surface area contributed by atoms with Gasteiger partial charge in [0.2, 0.25) is 5.95 Å². The van der Waals surface area contributed by atoms with E-state index < -0.39 is 19.7 Å². The Labute approximate surface area is 252 Å². The Morgan fingerprint density at radius 3 is 1.47 bits per heavy atom. The van der Waals surface area contributed by atoms with Gasteiger partial charge in [-0.1, -0.05) is 43.3 Å². The third-order valence-corrected chi connectivity index (χ3v) is 8.68. The third-order valence-electron chi connectivity index (χ3n) is 6.42. The molecule has 4 rings (SSSR count). The van der Waals surface area contributed by atoms with Crippen LogP contribution in [0, 0.1) is 0 Å². The summed E-state index contributed by atoms with van der Waals surface area (Å²) in [6.45, 7) is 5.67. The molecule has 0 fully saturated rings. The summed E-state index contributed by atoms with van der Waals surface area (Å²) in [5, 5.41) is 12.1. The lowest BCUT2D eigenvalue weighted by Crippen LogP contribution is -2.07. The SMILES string of the molecule is CCc1ccc(Nc2nc(NN=C(C)c3ccc(S(C)(=O)=O)cc3)cc(NN=C(C)c3ccc(S(C)(=O)=O)cc3)n2)cc1. The average molecular weight is 620 g/mol. The van der Waals surface area contributed by atoms with E-state index >= 15 is 0 Å². The maximum atomic E-state index is 11.8. The summed E-state index contributed by atoms with van der Waals surface area (Å²) in [4.78, 5) is 9.53. The van der Waals surface area contributed by atoms with Crippen molar-refractivity contribution in [3.8, 4) is 0 Å². The second-order valence-corrected chi connectivity index (χ2v) is 13.9. The second kappa shape index (κ2) is 13.1. The van der Waals surface area contributed by atoms with Crippen molar-refractivity contribution >= 4 is 54.4 Å². The number of benzene rings is 3. The van der Waals surface area contributed by atoms with Crippen molar-refractivity contribution in [3.63, 3.8) is 0 Å². The number of rotatable bonds is 11. The van der Waals surface area contributed by atoms with Gasteiger partial charge in [0.1, 0.15) is 0 Å². The Morgan fingerprint density at radius 1 is 0.674 bits per heavy atom. The van der Waals surface area contributed by atoms with Crippen molar-refractivity contribution in [2.75, 3.05) is 28.7 Å². The van der Waals surface area contributed by atoms with Gasteiger partial charge in [-0.15, -0.1) is 0 Å². The quantitative estimate of drug-likeness (QED) is 0.151. The minimum atomic E-state index is -3.30. The molecule has 4 aromatic rings. The number of anilines is 4. The topological polar surface area (TPSA) is 155 Å². The molecule has 0 atom stereocenters. The number of nitrogens with zero attached hydrogens (tertiary/aromatic N) is 4. The van der Waals surface area contributed by atoms with Crippen LogP contribution in [-0.2, 0) is 26.1 Å². The first-order chi connectivity index (χ1) is 20.3. The molecular weight excluding hydrogens is 587 g/mol. The predicted octanol–water partition coefficient (Wildman–Crippen LogP) is 5.26. The smallest absolute Gasteiger partial charge is 0.231 e. The molecule has 0 aliphatic heterocycles. The molecule has 11 nitrogen and oxygen atoms in total. The van der Waals surface area contributed by atoms with Crippen LogP contribution in [0.4, 0.5) is 23.3 Å². The van der Waals surface area contributed by atoms with Crippen molar-refractivity contribution < 1.29 is 16.8 Å². The van der Waals surface area contributed by atoms with E-state index in [1.165, 1.54) is 29.8 Å². The largest absolute Gasteiger partial charge is 0.324 e. The maximum Gasteiger partial charge on any atom is 0.231 e. The monoisotopic (exact) mass is 619 g/mol. The van der Waals surface area contributed by atoms with Crippen molar-refractivity contribution in [2.24, 2.45) is 10.2 Å². The molecule has 0 saturated heterocycles. The number of hydrazone groups is 2. The van der Waals surface area contributed by atoms with Gasteiger partial charge in [-0.25, -0.2) is 16.8 Å². The lowest BCUT2D eigenvalue weighted by atomic mass is 10.1. The maximum absolute atomic E-state index is 11.8. The lowest BCUT2D eigenvalue weighted by molar-refractivity contribution is 0.600. The Morgan fingerprint density at radius 2 is 1.09 bits per heavy atom. The highest BCUT2D eigenvalue weighted by Gasteiger charge is 2.10. The van der Waals surface area contributed by atoms with Gasteiger partial charge < -0.3 is 5.32 Å². The molecule has 0 radical (unpaired) electrons. The highest BCUT2D eigenvalue weighted by molar-refractivity contribution is 7.91. The van der Waals surface area contributed by atoms with Gasteiger partial charge in [0.05, 0.1) is 21.2 Å². The first-order valence-corrected chi connectivity index (χ1v) is 17.1. The average Bonchev–Trinajstić information content (AvgIpc) is 2.98. The lowest BCUT2D eigenvalue weighted by Gasteiger charge is -2.11. The van der Waals surface area contributed by atoms with E-state index in [0.717, 1.165) is 35.7 Å². The predicted molar refractivity (Wildman–Crippen MR) is 172 cm³/mol. The Balaban J connectivity index is 1.59. The molecule has 3 N–H and O–H groups in total. The summed E-state index contributed by atoms with van der Waals surface area (Å²) in [6.07, 6.45) is 3.25. The number of sulfone groups is 2. The fourth-order valence-electron chi connectivity index (χ4n) is 3.87. The molecule has 43 heavy (non-hydrogen) atoms. The van der Waals surface area contributed by atoms with Crippen LogP contribution in [-0.4, -0.2) is 50.7 Å². The van der Waals surface area contributed by atoms with Gasteiger partial charge in [-0.3, -0.25) is 10.9 Å². The van der Waals surface area contributed by atoms with Crippen LogP contribution < -0.4 is 16.2 Å². The van der Waals surface area contributed by atoms with E-state index in [0.29, 0.717) is 29.0 Å². The van der Waals surface area contributed by atoms with Crippen molar-refractivity contribution in [2.45, 2.75) is 37.0 Å². The zero-order valence-electron chi connectivity index (χ0n) is 24.5. The van der Waals surface area contributed by atoms with Gasteiger partial charge in [-0.2, -0.15) is 20.2 Å². The molecule has 0 amide bonds. The van der Waals surface area contributed by atoms with Gasteiger partial charge >= 0.3 is 0 Å². The Kier molecular flexibility index (Phi) is 9.56. The van der Waals surface area contributed by atoms with Gasteiger partial charge in [0.25, 0.3) is 0 Å².